The van der Waals surface area contributed by atoms with Crippen molar-refractivity contribution in [3.63, 3.8) is 0 Å². The molecule has 6 heteroatoms. The number of halogens is 1. The average molecular weight is 271 g/mol. The number of pyridine rings is 1. The minimum atomic E-state index is -0.917. The molecule has 0 saturated heterocycles. The minimum Gasteiger partial charge on any atom is -0.481 e. The lowest BCUT2D eigenvalue weighted by Crippen LogP contribution is -2.24. The summed E-state index contributed by atoms with van der Waals surface area (Å²) in [6.07, 6.45) is 1.55. The number of aromatic nitrogens is 1. The summed E-state index contributed by atoms with van der Waals surface area (Å²) in [4.78, 5) is 26.2. The van der Waals surface area contributed by atoms with Gasteiger partial charge >= 0.3 is 5.97 Å². The van der Waals surface area contributed by atoms with Gasteiger partial charge in [-0.15, -0.1) is 0 Å². The van der Waals surface area contributed by atoms with Gasteiger partial charge in [0.25, 0.3) is 0 Å². The molecule has 0 radical (unpaired) electrons. The van der Waals surface area contributed by atoms with Crippen LogP contribution in [0.3, 0.4) is 0 Å². The van der Waals surface area contributed by atoms with Crippen molar-refractivity contribution < 1.29 is 14.7 Å². The number of nitrogens with zero attached hydrogens (tertiary/aromatic N) is 1. The van der Waals surface area contributed by atoms with Crippen molar-refractivity contribution in [2.45, 2.75) is 26.7 Å². The van der Waals surface area contributed by atoms with Gasteiger partial charge in [0.05, 0.1) is 6.42 Å². The van der Waals surface area contributed by atoms with Crippen LogP contribution in [0.2, 0.25) is 5.15 Å². The molecule has 0 atom stereocenters. The molecule has 0 aliphatic rings. The third-order valence-corrected chi connectivity index (χ3v) is 2.49. The van der Waals surface area contributed by atoms with E-state index in [1.807, 2.05) is 0 Å². The Labute approximate surface area is 110 Å². The summed E-state index contributed by atoms with van der Waals surface area (Å²) in [5.74, 6) is -1.16. The maximum atomic E-state index is 11.8. The van der Waals surface area contributed by atoms with Crippen molar-refractivity contribution in [1.29, 1.82) is 0 Å². The van der Waals surface area contributed by atoms with Gasteiger partial charge in [-0.2, -0.15) is 0 Å². The Morgan fingerprint density at radius 2 is 2.11 bits per heavy atom. The quantitative estimate of drug-likeness (QED) is 0.806. The van der Waals surface area contributed by atoms with Crippen LogP contribution < -0.4 is 5.32 Å². The number of hydrogen-bond donors (Lipinski definition) is 2. The fraction of sp³-hybridized carbons (Fsp3) is 0.417. The minimum absolute atomic E-state index is 0.0580. The number of aliphatic carboxylic acids is 1. The van der Waals surface area contributed by atoms with Crippen LogP contribution >= 0.6 is 11.6 Å². The smallest absolute Gasteiger partial charge is 0.303 e. The number of carboxylic acids is 1. The van der Waals surface area contributed by atoms with Gasteiger partial charge in [0, 0.05) is 18.3 Å². The maximum absolute atomic E-state index is 11.8. The van der Waals surface area contributed by atoms with Gasteiger partial charge in [-0.05, 0) is 17.5 Å². The van der Waals surface area contributed by atoms with Gasteiger partial charge < -0.3 is 10.4 Å². The van der Waals surface area contributed by atoms with E-state index in [2.05, 4.69) is 10.3 Å². The van der Waals surface area contributed by atoms with E-state index in [0.29, 0.717) is 5.69 Å². The summed E-state index contributed by atoms with van der Waals surface area (Å²) in [5, 5.41) is 11.7. The molecule has 1 heterocycles. The van der Waals surface area contributed by atoms with Crippen LogP contribution in [0.5, 0.6) is 0 Å². The molecular weight excluding hydrogens is 256 g/mol. The van der Waals surface area contributed by atoms with Crippen molar-refractivity contribution in [3.8, 4) is 0 Å². The van der Waals surface area contributed by atoms with Gasteiger partial charge in [-0.1, -0.05) is 25.4 Å². The predicted octanol–water partition coefficient (Wildman–Crippen LogP) is 2.56. The molecule has 0 aliphatic carbocycles. The molecule has 2 N–H and O–H groups in total. The number of carboxylic acid groups (broad SMARTS) is 1. The van der Waals surface area contributed by atoms with E-state index in [-0.39, 0.29) is 23.9 Å². The number of anilines is 1. The summed E-state index contributed by atoms with van der Waals surface area (Å²) in [7, 11) is 0. The van der Waals surface area contributed by atoms with E-state index in [9.17, 15) is 9.59 Å². The lowest BCUT2D eigenvalue weighted by Gasteiger charge is -2.21. The second-order valence-corrected chi connectivity index (χ2v) is 5.21. The highest BCUT2D eigenvalue weighted by Crippen LogP contribution is 2.25. The van der Waals surface area contributed by atoms with E-state index in [0.717, 1.165) is 0 Å². The molecule has 0 spiro atoms. The second kappa shape index (κ2) is 5.82. The van der Waals surface area contributed by atoms with E-state index in [1.54, 1.807) is 19.9 Å². The van der Waals surface area contributed by atoms with E-state index in [1.165, 1.54) is 12.3 Å². The Hall–Kier alpha value is -1.62. The molecule has 1 aromatic rings. The van der Waals surface area contributed by atoms with Crippen LogP contribution in [0.4, 0.5) is 5.69 Å². The van der Waals surface area contributed by atoms with Gasteiger partial charge in [-0.25, -0.2) is 4.98 Å². The highest BCUT2D eigenvalue weighted by atomic mass is 35.5. The van der Waals surface area contributed by atoms with Crippen LogP contribution in [0.25, 0.3) is 0 Å². The van der Waals surface area contributed by atoms with Gasteiger partial charge in [-0.3, -0.25) is 9.59 Å². The van der Waals surface area contributed by atoms with Gasteiger partial charge in [0.2, 0.25) is 5.91 Å². The predicted molar refractivity (Wildman–Crippen MR) is 68.5 cm³/mol. The summed E-state index contributed by atoms with van der Waals surface area (Å²) in [5.41, 5.74) is -0.0432. The molecule has 0 bridgehead atoms. The van der Waals surface area contributed by atoms with Crippen molar-refractivity contribution in [1.82, 2.24) is 4.98 Å². The van der Waals surface area contributed by atoms with Gasteiger partial charge in [0.15, 0.2) is 0 Å². The zero-order valence-corrected chi connectivity index (χ0v) is 11.0. The molecule has 1 amide bonds. The van der Waals surface area contributed by atoms with Crippen molar-refractivity contribution in [2.24, 2.45) is 5.41 Å². The molecule has 0 unspecified atom stereocenters. The topological polar surface area (TPSA) is 79.3 Å². The normalized spacial score (nSPS) is 11.1. The third kappa shape index (κ3) is 5.14. The molecule has 0 aromatic carbocycles. The Morgan fingerprint density at radius 3 is 2.67 bits per heavy atom. The zero-order valence-electron chi connectivity index (χ0n) is 10.2. The fourth-order valence-electron chi connectivity index (χ4n) is 1.59. The van der Waals surface area contributed by atoms with Crippen LogP contribution in [-0.4, -0.2) is 22.0 Å². The van der Waals surface area contributed by atoms with Crippen LogP contribution in [0.1, 0.15) is 26.7 Å². The Kier molecular flexibility index (Phi) is 4.67. The fourth-order valence-corrected chi connectivity index (χ4v) is 1.77. The van der Waals surface area contributed by atoms with Crippen molar-refractivity contribution >= 4 is 29.2 Å². The Morgan fingerprint density at radius 1 is 1.44 bits per heavy atom. The first-order chi connectivity index (χ1) is 8.28. The SMILES string of the molecule is CC(C)(CC(=O)O)CC(=O)Nc1ccnc(Cl)c1. The monoisotopic (exact) mass is 270 g/mol. The number of amides is 1. The van der Waals surface area contributed by atoms with Crippen LogP contribution in [0, 0.1) is 5.41 Å². The molecule has 1 aromatic heterocycles. The van der Waals surface area contributed by atoms with Crippen LogP contribution in [0.15, 0.2) is 18.3 Å². The molecule has 0 fully saturated rings. The first-order valence-corrected chi connectivity index (χ1v) is 5.79. The second-order valence-electron chi connectivity index (χ2n) is 4.83. The lowest BCUT2D eigenvalue weighted by molar-refractivity contribution is -0.139. The summed E-state index contributed by atoms with van der Waals surface area (Å²) in [6, 6.07) is 3.15. The zero-order chi connectivity index (χ0) is 13.8. The first kappa shape index (κ1) is 14.4. The van der Waals surface area contributed by atoms with Gasteiger partial charge in [0.1, 0.15) is 5.15 Å². The molecular formula is C12H15ClN2O3. The molecule has 98 valence electrons. The highest BCUT2D eigenvalue weighted by Gasteiger charge is 2.25. The third-order valence-electron chi connectivity index (χ3n) is 2.28. The number of hydrogen-bond acceptors (Lipinski definition) is 3. The Bertz CT molecular complexity index is 460. The van der Waals surface area contributed by atoms with E-state index >= 15 is 0 Å². The number of nitrogens with one attached hydrogen (secondary N) is 1. The summed E-state index contributed by atoms with van der Waals surface area (Å²) < 4.78 is 0. The number of carbonyl (C=O) groups is 2. The first-order valence-electron chi connectivity index (χ1n) is 5.42. The molecule has 18 heavy (non-hydrogen) atoms. The lowest BCUT2D eigenvalue weighted by atomic mass is 9.85. The van der Waals surface area contributed by atoms with E-state index < -0.39 is 11.4 Å². The van der Waals surface area contributed by atoms with E-state index in [4.69, 9.17) is 16.7 Å². The molecule has 5 nitrogen and oxygen atoms in total. The summed E-state index contributed by atoms with van der Waals surface area (Å²) in [6.45, 7) is 3.47. The largest absolute Gasteiger partial charge is 0.481 e. The van der Waals surface area contributed by atoms with Crippen molar-refractivity contribution in [3.05, 3.63) is 23.5 Å². The standard InChI is InChI=1S/C12H15ClN2O3/c1-12(2,7-11(17)18)6-10(16)15-8-3-4-14-9(13)5-8/h3-5H,6-7H2,1-2H3,(H,17,18)(H,14,15,16). The molecule has 1 rings (SSSR count). The van der Waals surface area contributed by atoms with Crippen molar-refractivity contribution in [2.75, 3.05) is 5.32 Å². The molecule has 0 aliphatic heterocycles. The molecule has 0 saturated carbocycles. The Balaban J connectivity index is 2.59. The summed E-state index contributed by atoms with van der Waals surface area (Å²) >= 11 is 5.69. The maximum Gasteiger partial charge on any atom is 0.303 e. The number of rotatable bonds is 5. The van der Waals surface area contributed by atoms with Crippen LogP contribution in [-0.2, 0) is 9.59 Å². The average Bonchev–Trinajstić information content (AvgIpc) is 2.13. The number of carbonyl (C=O) groups excluding carboxylic acids is 1. The highest BCUT2D eigenvalue weighted by molar-refractivity contribution is 6.29.